The van der Waals surface area contributed by atoms with Gasteiger partial charge in [-0.2, -0.15) is 0 Å². The normalized spacial score (nSPS) is 12.9. The Labute approximate surface area is 76.0 Å². The van der Waals surface area contributed by atoms with Crippen LogP contribution in [0.2, 0.25) is 0 Å². The Morgan fingerprint density at radius 3 is 2.64 bits per heavy atom. The van der Waals surface area contributed by atoms with Crippen LogP contribution in [0.3, 0.4) is 0 Å². The molecule has 0 radical (unpaired) electrons. The molecule has 0 aliphatic heterocycles. The van der Waals surface area contributed by atoms with Crippen LogP contribution < -0.4 is 0 Å². The van der Waals surface area contributed by atoms with E-state index in [0.29, 0.717) is 4.83 Å². The van der Waals surface area contributed by atoms with Crippen molar-refractivity contribution in [3.05, 3.63) is 30.1 Å². The summed E-state index contributed by atoms with van der Waals surface area (Å²) in [6.45, 7) is 2.19. The zero-order valence-electron chi connectivity index (χ0n) is 6.63. The van der Waals surface area contributed by atoms with Crippen molar-refractivity contribution in [1.82, 2.24) is 4.98 Å². The lowest BCUT2D eigenvalue weighted by molar-refractivity contribution is 0.787. The highest BCUT2D eigenvalue weighted by atomic mass is 79.9. The molecule has 0 aliphatic rings. The van der Waals surface area contributed by atoms with Crippen molar-refractivity contribution in [1.29, 1.82) is 0 Å². The Bertz CT molecular complexity index is 198. The van der Waals surface area contributed by atoms with E-state index in [1.165, 1.54) is 18.4 Å². The summed E-state index contributed by atoms with van der Waals surface area (Å²) in [6.07, 6.45) is 6.06. The molecular formula is C9H12BrN. The molecule has 0 N–H and O–H groups in total. The van der Waals surface area contributed by atoms with Gasteiger partial charge < -0.3 is 0 Å². The van der Waals surface area contributed by atoms with Crippen LogP contribution in [0.5, 0.6) is 0 Å². The first-order chi connectivity index (χ1) is 5.34. The Hall–Kier alpha value is -0.370. The first-order valence-corrected chi connectivity index (χ1v) is 4.80. The molecule has 1 aromatic heterocycles. The van der Waals surface area contributed by atoms with E-state index >= 15 is 0 Å². The van der Waals surface area contributed by atoms with E-state index in [1.807, 2.05) is 12.4 Å². The van der Waals surface area contributed by atoms with Crippen molar-refractivity contribution < 1.29 is 0 Å². The Morgan fingerprint density at radius 2 is 2.09 bits per heavy atom. The van der Waals surface area contributed by atoms with Crippen LogP contribution in [-0.4, -0.2) is 4.98 Å². The molecule has 1 heterocycles. The maximum atomic E-state index is 3.97. The molecule has 1 nitrogen and oxygen atoms in total. The number of hydrogen-bond acceptors (Lipinski definition) is 1. The summed E-state index contributed by atoms with van der Waals surface area (Å²) in [5.41, 5.74) is 1.32. The van der Waals surface area contributed by atoms with E-state index in [9.17, 15) is 0 Å². The second kappa shape index (κ2) is 4.50. The molecule has 0 spiro atoms. The average molecular weight is 214 g/mol. The smallest absolute Gasteiger partial charge is 0.0396 e. The van der Waals surface area contributed by atoms with Crippen molar-refractivity contribution >= 4 is 15.9 Å². The molecule has 0 aromatic carbocycles. The lowest BCUT2D eigenvalue weighted by Crippen LogP contribution is -1.88. The second-order valence-electron chi connectivity index (χ2n) is 2.54. The van der Waals surface area contributed by atoms with Gasteiger partial charge in [0, 0.05) is 17.2 Å². The number of nitrogens with zero attached hydrogens (tertiary/aromatic N) is 1. The topological polar surface area (TPSA) is 12.9 Å². The van der Waals surface area contributed by atoms with E-state index in [0.717, 1.165) is 0 Å². The van der Waals surface area contributed by atoms with Crippen molar-refractivity contribution in [3.63, 3.8) is 0 Å². The quantitative estimate of drug-likeness (QED) is 0.703. The SMILES string of the molecule is CCCC(Br)c1ccncc1. The average Bonchev–Trinajstić information content (AvgIpc) is 2.07. The summed E-state index contributed by atoms with van der Waals surface area (Å²) in [5, 5.41) is 0. The van der Waals surface area contributed by atoms with Gasteiger partial charge in [0.25, 0.3) is 0 Å². The molecule has 11 heavy (non-hydrogen) atoms. The highest BCUT2D eigenvalue weighted by Crippen LogP contribution is 2.26. The summed E-state index contributed by atoms with van der Waals surface area (Å²) < 4.78 is 0. The molecule has 60 valence electrons. The maximum Gasteiger partial charge on any atom is 0.0396 e. The number of aromatic nitrogens is 1. The van der Waals surface area contributed by atoms with E-state index in [2.05, 4.69) is 40.0 Å². The van der Waals surface area contributed by atoms with Gasteiger partial charge in [0.05, 0.1) is 0 Å². The molecule has 0 bridgehead atoms. The van der Waals surface area contributed by atoms with Crippen LogP contribution in [0.4, 0.5) is 0 Å². The van der Waals surface area contributed by atoms with Gasteiger partial charge in [0.15, 0.2) is 0 Å². The van der Waals surface area contributed by atoms with Gasteiger partial charge in [0.2, 0.25) is 0 Å². The predicted molar refractivity (Wildman–Crippen MR) is 50.8 cm³/mol. The van der Waals surface area contributed by atoms with Crippen LogP contribution in [0, 0.1) is 0 Å². The highest BCUT2D eigenvalue weighted by Gasteiger charge is 2.03. The summed E-state index contributed by atoms with van der Waals surface area (Å²) in [5.74, 6) is 0. The number of rotatable bonds is 3. The van der Waals surface area contributed by atoms with Gasteiger partial charge in [-0.15, -0.1) is 0 Å². The van der Waals surface area contributed by atoms with E-state index in [1.54, 1.807) is 0 Å². The third-order valence-corrected chi connectivity index (χ3v) is 2.60. The molecule has 0 amide bonds. The Morgan fingerprint density at radius 1 is 1.45 bits per heavy atom. The fraction of sp³-hybridized carbons (Fsp3) is 0.444. The summed E-state index contributed by atoms with van der Waals surface area (Å²) in [6, 6.07) is 4.10. The highest BCUT2D eigenvalue weighted by molar-refractivity contribution is 9.09. The van der Waals surface area contributed by atoms with Gasteiger partial charge in [-0.1, -0.05) is 29.3 Å². The number of pyridine rings is 1. The van der Waals surface area contributed by atoms with Gasteiger partial charge in [-0.05, 0) is 24.1 Å². The first kappa shape index (κ1) is 8.72. The van der Waals surface area contributed by atoms with Crippen LogP contribution >= 0.6 is 15.9 Å². The molecule has 0 aliphatic carbocycles. The van der Waals surface area contributed by atoms with E-state index in [4.69, 9.17) is 0 Å². The molecule has 1 unspecified atom stereocenters. The monoisotopic (exact) mass is 213 g/mol. The van der Waals surface area contributed by atoms with Crippen molar-refractivity contribution in [2.75, 3.05) is 0 Å². The van der Waals surface area contributed by atoms with Gasteiger partial charge in [0.1, 0.15) is 0 Å². The minimum absolute atomic E-state index is 0.496. The van der Waals surface area contributed by atoms with Crippen molar-refractivity contribution in [2.24, 2.45) is 0 Å². The Kier molecular flexibility index (Phi) is 3.57. The fourth-order valence-corrected chi connectivity index (χ4v) is 1.76. The van der Waals surface area contributed by atoms with E-state index < -0.39 is 0 Å². The third-order valence-electron chi connectivity index (χ3n) is 1.61. The number of halogens is 1. The zero-order valence-corrected chi connectivity index (χ0v) is 8.21. The first-order valence-electron chi connectivity index (χ1n) is 3.88. The van der Waals surface area contributed by atoms with Crippen LogP contribution in [-0.2, 0) is 0 Å². The molecule has 0 fully saturated rings. The van der Waals surface area contributed by atoms with Crippen molar-refractivity contribution in [2.45, 2.75) is 24.6 Å². The lowest BCUT2D eigenvalue weighted by atomic mass is 10.1. The third kappa shape index (κ3) is 2.62. The molecule has 2 heteroatoms. The fourth-order valence-electron chi connectivity index (χ4n) is 0.992. The minimum Gasteiger partial charge on any atom is -0.265 e. The summed E-state index contributed by atoms with van der Waals surface area (Å²) >= 11 is 3.62. The minimum atomic E-state index is 0.496. The lowest BCUT2D eigenvalue weighted by Gasteiger charge is -2.06. The number of hydrogen-bond donors (Lipinski definition) is 0. The standard InChI is InChI=1S/C9H12BrN/c1-2-3-9(10)8-4-6-11-7-5-8/h4-7,9H,2-3H2,1H3. The van der Waals surface area contributed by atoms with Crippen LogP contribution in [0.25, 0.3) is 0 Å². The van der Waals surface area contributed by atoms with Gasteiger partial charge in [-0.3, -0.25) is 4.98 Å². The molecule has 1 rings (SSSR count). The second-order valence-corrected chi connectivity index (χ2v) is 3.64. The van der Waals surface area contributed by atoms with Crippen LogP contribution in [0.15, 0.2) is 24.5 Å². The van der Waals surface area contributed by atoms with Gasteiger partial charge in [-0.25, -0.2) is 0 Å². The predicted octanol–water partition coefficient (Wildman–Crippen LogP) is 3.32. The zero-order chi connectivity index (χ0) is 8.10. The summed E-state index contributed by atoms with van der Waals surface area (Å²) in [7, 11) is 0. The van der Waals surface area contributed by atoms with E-state index in [-0.39, 0.29) is 0 Å². The van der Waals surface area contributed by atoms with Gasteiger partial charge >= 0.3 is 0 Å². The molecule has 0 saturated heterocycles. The molecule has 0 saturated carbocycles. The summed E-state index contributed by atoms with van der Waals surface area (Å²) in [4.78, 5) is 4.46. The largest absolute Gasteiger partial charge is 0.265 e. The molecule has 1 aromatic rings. The molecular weight excluding hydrogens is 202 g/mol. The maximum absolute atomic E-state index is 3.97. The van der Waals surface area contributed by atoms with Crippen LogP contribution in [0.1, 0.15) is 30.2 Å². The van der Waals surface area contributed by atoms with Crippen molar-refractivity contribution in [3.8, 4) is 0 Å². The molecule has 1 atom stereocenters. The number of alkyl halides is 1. The Balaban J connectivity index is 2.61.